The normalized spacial score (nSPS) is 25.7. The van der Waals surface area contributed by atoms with Crippen molar-refractivity contribution in [1.29, 1.82) is 0 Å². The van der Waals surface area contributed by atoms with E-state index in [4.69, 9.17) is 0 Å². The molecule has 1 amide bonds. The number of nitrogens with zero attached hydrogens (tertiary/aromatic N) is 4. The number of allylic oxidation sites excluding steroid dienone is 1. The van der Waals surface area contributed by atoms with Crippen LogP contribution in [0.1, 0.15) is 19.3 Å². The van der Waals surface area contributed by atoms with Gasteiger partial charge in [0.1, 0.15) is 6.33 Å². The van der Waals surface area contributed by atoms with Crippen molar-refractivity contribution in [2.75, 3.05) is 5.32 Å². The lowest BCUT2D eigenvalue weighted by Gasteiger charge is -2.28. The minimum absolute atomic E-state index is 0.0675. The van der Waals surface area contributed by atoms with E-state index in [1.165, 1.54) is 19.2 Å². The summed E-state index contributed by atoms with van der Waals surface area (Å²) in [5.74, 6) is 1.84. The van der Waals surface area contributed by atoms with Crippen LogP contribution in [0.2, 0.25) is 0 Å². The summed E-state index contributed by atoms with van der Waals surface area (Å²) < 4.78 is 1.54. The molecule has 4 rings (SSSR count). The third kappa shape index (κ3) is 1.24. The van der Waals surface area contributed by atoms with Crippen LogP contribution in [0.15, 0.2) is 18.0 Å². The van der Waals surface area contributed by atoms with Crippen molar-refractivity contribution in [3.63, 3.8) is 0 Å². The molecule has 92 valence electrons. The van der Waals surface area contributed by atoms with Crippen LogP contribution in [0, 0.1) is 11.8 Å². The summed E-state index contributed by atoms with van der Waals surface area (Å²) in [6.45, 7) is 0. The molecule has 0 spiro atoms. The van der Waals surface area contributed by atoms with Crippen LogP contribution in [0.3, 0.4) is 0 Å². The average molecular weight is 244 g/mol. The van der Waals surface area contributed by atoms with E-state index in [2.05, 4.69) is 31.7 Å². The van der Waals surface area contributed by atoms with Crippen LogP contribution in [0.4, 0.5) is 5.95 Å². The molecule has 1 fully saturated rings. The third-order valence-electron chi connectivity index (χ3n) is 3.86. The van der Waals surface area contributed by atoms with E-state index in [1.807, 2.05) is 0 Å². The Morgan fingerprint density at radius 3 is 3.28 bits per heavy atom. The van der Waals surface area contributed by atoms with Crippen molar-refractivity contribution in [2.45, 2.75) is 19.3 Å². The van der Waals surface area contributed by atoms with E-state index in [1.54, 1.807) is 4.52 Å². The summed E-state index contributed by atoms with van der Waals surface area (Å²) in [5, 5.41) is 13.3. The van der Waals surface area contributed by atoms with Crippen LogP contribution in [0.5, 0.6) is 0 Å². The zero-order valence-electron chi connectivity index (χ0n) is 9.63. The number of rotatable bonds is 2. The van der Waals surface area contributed by atoms with Crippen molar-refractivity contribution < 1.29 is 4.79 Å². The Morgan fingerprint density at radius 1 is 1.44 bits per heavy atom. The van der Waals surface area contributed by atoms with Crippen LogP contribution in [0.25, 0.3) is 5.78 Å². The smallest absolute Gasteiger partial charge is 0.273 e. The Morgan fingerprint density at radius 2 is 2.39 bits per heavy atom. The molecule has 7 nitrogen and oxygen atoms in total. The summed E-state index contributed by atoms with van der Waals surface area (Å²) in [5.41, 5.74) is 0.897. The molecule has 2 aliphatic carbocycles. The summed E-state index contributed by atoms with van der Waals surface area (Å²) >= 11 is 0. The first-order valence-corrected chi connectivity index (χ1v) is 6.10. The highest BCUT2D eigenvalue weighted by atomic mass is 16.2. The molecule has 0 bridgehead atoms. The zero-order chi connectivity index (χ0) is 12.1. The number of fused-ring (bicyclic) bond motifs is 2. The van der Waals surface area contributed by atoms with E-state index in [0.717, 1.165) is 12.0 Å². The first kappa shape index (κ1) is 9.81. The number of hydrogen-bond donors (Lipinski definition) is 2. The lowest BCUT2D eigenvalue weighted by Crippen LogP contribution is -2.30. The largest absolute Gasteiger partial charge is 0.289 e. The lowest BCUT2D eigenvalue weighted by atomic mass is 9.77. The predicted molar refractivity (Wildman–Crippen MR) is 62.7 cm³/mol. The third-order valence-corrected chi connectivity index (χ3v) is 3.86. The Labute approximate surface area is 102 Å². The van der Waals surface area contributed by atoms with Gasteiger partial charge < -0.3 is 0 Å². The van der Waals surface area contributed by atoms with E-state index < -0.39 is 0 Å². The summed E-state index contributed by atoms with van der Waals surface area (Å²) in [6.07, 6.45) is 7.16. The van der Waals surface area contributed by atoms with Crippen molar-refractivity contribution in [3.05, 3.63) is 18.0 Å². The number of amides is 1. The minimum atomic E-state index is -0.0675. The number of anilines is 1. The summed E-state index contributed by atoms with van der Waals surface area (Å²) in [7, 11) is 0. The molecule has 0 aromatic carbocycles. The molecule has 2 unspecified atom stereocenters. The molecule has 2 N–H and O–H groups in total. The van der Waals surface area contributed by atoms with Gasteiger partial charge in [0.15, 0.2) is 0 Å². The predicted octanol–water partition coefficient (Wildman–Crippen LogP) is 0.747. The number of nitrogens with one attached hydrogen (secondary N) is 2. The standard InChI is InChI=1S/C11H12N6O/c18-9(8-4-6-2-1-3-7(6)8)14-11-16-15-10-12-5-13-17(10)11/h4-7H,1-3H2,(H,12,13,15)(H,14,16,18). The van der Waals surface area contributed by atoms with E-state index in [0.29, 0.717) is 23.6 Å². The fraction of sp³-hybridized carbons (Fsp3) is 0.455. The van der Waals surface area contributed by atoms with Crippen LogP contribution in [-0.2, 0) is 4.79 Å². The second-order valence-electron chi connectivity index (χ2n) is 4.82. The molecular formula is C11H12N6O. The minimum Gasteiger partial charge on any atom is -0.289 e. The first-order valence-electron chi connectivity index (χ1n) is 6.10. The first-order chi connectivity index (χ1) is 8.83. The molecule has 2 heterocycles. The monoisotopic (exact) mass is 244 g/mol. The van der Waals surface area contributed by atoms with Crippen LogP contribution in [-0.4, -0.2) is 30.7 Å². The van der Waals surface area contributed by atoms with Gasteiger partial charge in [0, 0.05) is 5.57 Å². The maximum Gasteiger partial charge on any atom is 0.273 e. The van der Waals surface area contributed by atoms with Gasteiger partial charge in [-0.3, -0.25) is 15.2 Å². The summed E-state index contributed by atoms with van der Waals surface area (Å²) in [4.78, 5) is 16.1. The molecule has 0 radical (unpaired) electrons. The van der Waals surface area contributed by atoms with Gasteiger partial charge in [-0.2, -0.15) is 9.50 Å². The number of carbonyl (C=O) groups is 1. The number of hydrogen-bond acceptors (Lipinski definition) is 4. The maximum absolute atomic E-state index is 12.1. The highest BCUT2D eigenvalue weighted by Gasteiger charge is 2.39. The summed E-state index contributed by atoms with van der Waals surface area (Å²) in [6, 6.07) is 0. The van der Waals surface area contributed by atoms with Gasteiger partial charge in [0.25, 0.3) is 17.6 Å². The molecule has 2 aromatic rings. The highest BCUT2D eigenvalue weighted by Crippen LogP contribution is 2.46. The number of aromatic amines is 1. The molecule has 18 heavy (non-hydrogen) atoms. The fourth-order valence-corrected chi connectivity index (χ4v) is 2.93. The van der Waals surface area contributed by atoms with Crippen LogP contribution >= 0.6 is 0 Å². The van der Waals surface area contributed by atoms with Gasteiger partial charge >= 0.3 is 0 Å². The van der Waals surface area contributed by atoms with Crippen LogP contribution < -0.4 is 5.32 Å². The van der Waals surface area contributed by atoms with E-state index in [-0.39, 0.29) is 5.91 Å². The van der Waals surface area contributed by atoms with Gasteiger partial charge in [0.2, 0.25) is 0 Å². The molecule has 7 heteroatoms. The van der Waals surface area contributed by atoms with Gasteiger partial charge in [-0.05, 0) is 24.7 Å². The molecular weight excluding hydrogens is 232 g/mol. The number of aromatic nitrogens is 5. The van der Waals surface area contributed by atoms with Gasteiger partial charge in [0.05, 0.1) is 0 Å². The number of carbonyl (C=O) groups excluding carboxylic acids is 1. The van der Waals surface area contributed by atoms with Gasteiger partial charge in [-0.15, -0.1) is 10.2 Å². The van der Waals surface area contributed by atoms with Gasteiger partial charge in [-0.1, -0.05) is 12.5 Å². The maximum atomic E-state index is 12.1. The molecule has 2 aliphatic rings. The average Bonchev–Trinajstić information content (AvgIpc) is 2.98. The second kappa shape index (κ2) is 3.41. The quantitative estimate of drug-likeness (QED) is 0.815. The van der Waals surface area contributed by atoms with Crippen molar-refractivity contribution in [2.24, 2.45) is 11.8 Å². The van der Waals surface area contributed by atoms with Crippen molar-refractivity contribution in [3.8, 4) is 0 Å². The van der Waals surface area contributed by atoms with Gasteiger partial charge in [-0.25, -0.2) is 0 Å². The molecule has 2 aromatic heterocycles. The second-order valence-corrected chi connectivity index (χ2v) is 4.82. The fourth-order valence-electron chi connectivity index (χ4n) is 2.93. The molecule has 0 aliphatic heterocycles. The highest BCUT2D eigenvalue weighted by molar-refractivity contribution is 6.04. The lowest BCUT2D eigenvalue weighted by molar-refractivity contribution is -0.113. The SMILES string of the molecule is O=C(Nc1nnc2nc[nH]n12)C1=CC2CCCC12. The Balaban J connectivity index is 1.57. The number of H-pyrrole nitrogens is 1. The Hall–Kier alpha value is -2.18. The molecule has 2 atom stereocenters. The Bertz CT molecular complexity index is 653. The molecule has 0 saturated heterocycles. The van der Waals surface area contributed by atoms with E-state index >= 15 is 0 Å². The topological polar surface area (TPSA) is 88.0 Å². The van der Waals surface area contributed by atoms with Crippen molar-refractivity contribution >= 4 is 17.6 Å². The van der Waals surface area contributed by atoms with E-state index in [9.17, 15) is 4.79 Å². The molecule has 1 saturated carbocycles. The van der Waals surface area contributed by atoms with Crippen molar-refractivity contribution in [1.82, 2.24) is 24.8 Å². The Kier molecular flexibility index (Phi) is 1.86. The zero-order valence-corrected chi connectivity index (χ0v) is 9.63.